The minimum Gasteiger partial charge on any atom is -0.507 e. The van der Waals surface area contributed by atoms with Crippen LogP contribution >= 0.6 is 0 Å². The number of phenols is 1. The van der Waals surface area contributed by atoms with Crippen molar-refractivity contribution in [3.8, 4) is 17.0 Å². The zero-order valence-electron chi connectivity index (χ0n) is 16.7. The summed E-state index contributed by atoms with van der Waals surface area (Å²) in [5.74, 6) is 0.423. The van der Waals surface area contributed by atoms with Crippen molar-refractivity contribution in [1.29, 1.82) is 0 Å². The molecule has 5 aromatic rings. The Morgan fingerprint density at radius 1 is 1.00 bits per heavy atom. The summed E-state index contributed by atoms with van der Waals surface area (Å²) in [7, 11) is 1.36. The Hall–Kier alpha value is -4.32. The van der Waals surface area contributed by atoms with E-state index in [2.05, 4.69) is 5.32 Å². The summed E-state index contributed by atoms with van der Waals surface area (Å²) in [5.41, 5.74) is 3.14. The molecule has 0 amide bonds. The fourth-order valence-electron chi connectivity index (χ4n) is 3.78. The van der Waals surface area contributed by atoms with Crippen LogP contribution in [0.3, 0.4) is 0 Å². The largest absolute Gasteiger partial charge is 0.507 e. The number of nitrogens with zero attached hydrogens (tertiary/aromatic N) is 2. The summed E-state index contributed by atoms with van der Waals surface area (Å²) in [5, 5.41) is 16.1. The smallest absolute Gasteiger partial charge is 0.337 e. The Labute approximate surface area is 178 Å². The Balaban J connectivity index is 1.73. The molecule has 6 heteroatoms. The van der Waals surface area contributed by atoms with E-state index in [1.54, 1.807) is 24.3 Å². The molecule has 0 fully saturated rings. The summed E-state index contributed by atoms with van der Waals surface area (Å²) >= 11 is 0. The number of rotatable bonds is 4. The van der Waals surface area contributed by atoms with Gasteiger partial charge in [0.05, 0.1) is 18.2 Å². The molecule has 0 saturated heterocycles. The molecule has 0 unspecified atom stereocenters. The molecule has 0 aliphatic rings. The summed E-state index contributed by atoms with van der Waals surface area (Å²) in [4.78, 5) is 16.8. The fraction of sp³-hybridized carbons (Fsp3) is 0.0400. The second-order valence-corrected chi connectivity index (χ2v) is 7.12. The second-order valence-electron chi connectivity index (χ2n) is 7.12. The van der Waals surface area contributed by atoms with Crippen LogP contribution in [-0.4, -0.2) is 27.6 Å². The molecule has 0 radical (unpaired) electrons. The van der Waals surface area contributed by atoms with Gasteiger partial charge in [-0.15, -0.1) is 0 Å². The molecule has 0 spiro atoms. The summed E-state index contributed by atoms with van der Waals surface area (Å²) in [6, 6.07) is 24.2. The lowest BCUT2D eigenvalue weighted by atomic mass is 10.0. The van der Waals surface area contributed by atoms with Crippen LogP contribution in [0.2, 0.25) is 0 Å². The number of fused-ring (bicyclic) bond motifs is 2. The van der Waals surface area contributed by atoms with E-state index in [9.17, 15) is 9.90 Å². The van der Waals surface area contributed by atoms with Crippen molar-refractivity contribution in [2.24, 2.45) is 0 Å². The van der Waals surface area contributed by atoms with E-state index in [0.717, 1.165) is 16.4 Å². The molecule has 2 heterocycles. The first kappa shape index (κ1) is 18.7. The van der Waals surface area contributed by atoms with Crippen LogP contribution in [0, 0.1) is 0 Å². The van der Waals surface area contributed by atoms with Crippen molar-refractivity contribution in [1.82, 2.24) is 9.38 Å². The molecule has 0 aliphatic heterocycles. The topological polar surface area (TPSA) is 75.9 Å². The molecule has 0 saturated carbocycles. The van der Waals surface area contributed by atoms with E-state index in [1.807, 2.05) is 65.2 Å². The molecule has 31 heavy (non-hydrogen) atoms. The number of carbonyl (C=O) groups is 1. The maximum Gasteiger partial charge on any atom is 0.337 e. The number of aromatic nitrogens is 2. The van der Waals surface area contributed by atoms with E-state index in [0.29, 0.717) is 28.3 Å². The highest BCUT2D eigenvalue weighted by atomic mass is 16.5. The van der Waals surface area contributed by atoms with Crippen LogP contribution in [-0.2, 0) is 4.74 Å². The molecule has 0 aliphatic carbocycles. The number of methoxy groups -OCH3 is 1. The van der Waals surface area contributed by atoms with Crippen molar-refractivity contribution < 1.29 is 14.6 Å². The molecular formula is C25H19N3O3. The number of aromatic hydroxyl groups is 1. The molecule has 6 nitrogen and oxygen atoms in total. The monoisotopic (exact) mass is 409 g/mol. The lowest BCUT2D eigenvalue weighted by Crippen LogP contribution is -2.03. The second kappa shape index (κ2) is 7.50. The van der Waals surface area contributed by atoms with Crippen molar-refractivity contribution in [3.05, 3.63) is 90.6 Å². The fourth-order valence-corrected chi connectivity index (χ4v) is 3.78. The molecule has 3 aromatic carbocycles. The molecule has 0 bridgehead atoms. The van der Waals surface area contributed by atoms with E-state index in [-0.39, 0.29) is 5.75 Å². The van der Waals surface area contributed by atoms with E-state index in [4.69, 9.17) is 9.72 Å². The van der Waals surface area contributed by atoms with Gasteiger partial charge in [0.2, 0.25) is 0 Å². The zero-order valence-corrected chi connectivity index (χ0v) is 16.7. The standard InChI is InChI=1S/C25H19N3O3/c1-31-25(30)17-8-6-9-18(15-17)26-24-23(27-21-11-4-5-14-28(21)24)22-19-10-3-2-7-16(19)12-13-20(22)29/h2-15,26,29H,1H3. The average Bonchev–Trinajstić information content (AvgIpc) is 3.16. The number of nitrogens with one attached hydrogen (secondary N) is 1. The van der Waals surface area contributed by atoms with Gasteiger partial charge in [0.15, 0.2) is 0 Å². The SMILES string of the molecule is COC(=O)c1cccc(Nc2c(-c3c(O)ccc4ccccc34)nc3ccccn23)c1. The Morgan fingerprint density at radius 3 is 2.71 bits per heavy atom. The summed E-state index contributed by atoms with van der Waals surface area (Å²) < 4.78 is 6.75. The molecule has 5 rings (SSSR count). The van der Waals surface area contributed by atoms with Crippen LogP contribution < -0.4 is 5.32 Å². The molecule has 2 aromatic heterocycles. The van der Waals surface area contributed by atoms with Gasteiger partial charge >= 0.3 is 5.97 Å². The van der Waals surface area contributed by atoms with Crippen LogP contribution in [0.25, 0.3) is 27.7 Å². The highest BCUT2D eigenvalue weighted by Gasteiger charge is 2.20. The summed E-state index contributed by atoms with van der Waals surface area (Å²) in [6.07, 6.45) is 1.90. The number of carbonyl (C=O) groups excluding carboxylic acids is 1. The van der Waals surface area contributed by atoms with Gasteiger partial charge in [-0.05, 0) is 47.2 Å². The molecule has 2 N–H and O–H groups in total. The van der Waals surface area contributed by atoms with Gasteiger partial charge in [-0.3, -0.25) is 4.40 Å². The van der Waals surface area contributed by atoms with Crippen molar-refractivity contribution in [2.45, 2.75) is 0 Å². The maximum absolute atomic E-state index is 12.0. The van der Waals surface area contributed by atoms with Gasteiger partial charge < -0.3 is 15.2 Å². The van der Waals surface area contributed by atoms with Crippen molar-refractivity contribution in [3.63, 3.8) is 0 Å². The zero-order chi connectivity index (χ0) is 21.4. The van der Waals surface area contributed by atoms with Crippen LogP contribution in [0.15, 0.2) is 85.1 Å². The first-order chi connectivity index (χ1) is 15.2. The van der Waals surface area contributed by atoms with Crippen LogP contribution in [0.5, 0.6) is 5.75 Å². The maximum atomic E-state index is 12.0. The van der Waals surface area contributed by atoms with Crippen LogP contribution in [0.1, 0.15) is 10.4 Å². The van der Waals surface area contributed by atoms with E-state index >= 15 is 0 Å². The van der Waals surface area contributed by atoms with Gasteiger partial charge in [0.25, 0.3) is 0 Å². The third kappa shape index (κ3) is 3.24. The predicted molar refractivity (Wildman–Crippen MR) is 121 cm³/mol. The number of benzene rings is 3. The number of phenolic OH excluding ortho intramolecular Hbond substituents is 1. The van der Waals surface area contributed by atoms with Gasteiger partial charge in [0.1, 0.15) is 22.9 Å². The minimum absolute atomic E-state index is 0.147. The first-order valence-electron chi connectivity index (χ1n) is 9.79. The summed E-state index contributed by atoms with van der Waals surface area (Å²) in [6.45, 7) is 0. The normalized spacial score (nSPS) is 11.0. The predicted octanol–water partition coefficient (Wildman–Crippen LogP) is 5.39. The Bertz CT molecular complexity index is 1440. The van der Waals surface area contributed by atoms with E-state index < -0.39 is 5.97 Å². The number of pyridine rings is 1. The van der Waals surface area contributed by atoms with E-state index in [1.165, 1.54) is 7.11 Å². The van der Waals surface area contributed by atoms with Crippen molar-refractivity contribution >= 4 is 33.9 Å². The number of hydrogen-bond donors (Lipinski definition) is 2. The van der Waals surface area contributed by atoms with Crippen molar-refractivity contribution in [2.75, 3.05) is 12.4 Å². The number of ether oxygens (including phenoxy) is 1. The third-order valence-electron chi connectivity index (χ3n) is 5.22. The highest BCUT2D eigenvalue weighted by Crippen LogP contribution is 2.40. The molecular weight excluding hydrogens is 390 g/mol. The van der Waals surface area contributed by atoms with Gasteiger partial charge in [-0.25, -0.2) is 9.78 Å². The quantitative estimate of drug-likeness (QED) is 0.389. The Kier molecular flexibility index (Phi) is 4.52. The van der Waals surface area contributed by atoms with Gasteiger partial charge in [-0.2, -0.15) is 0 Å². The van der Waals surface area contributed by atoms with Gasteiger partial charge in [0, 0.05) is 11.9 Å². The number of imidazole rings is 1. The highest BCUT2D eigenvalue weighted by molar-refractivity contribution is 6.02. The van der Waals surface area contributed by atoms with Gasteiger partial charge in [-0.1, -0.05) is 42.5 Å². The number of hydrogen-bond acceptors (Lipinski definition) is 5. The first-order valence-corrected chi connectivity index (χ1v) is 9.79. The minimum atomic E-state index is -0.409. The lowest BCUT2D eigenvalue weighted by molar-refractivity contribution is 0.0601. The number of anilines is 2. The Morgan fingerprint density at radius 2 is 1.84 bits per heavy atom. The average molecular weight is 409 g/mol. The lowest BCUT2D eigenvalue weighted by Gasteiger charge is -2.12. The third-order valence-corrected chi connectivity index (χ3v) is 5.22. The number of esters is 1. The molecule has 152 valence electrons. The molecule has 0 atom stereocenters. The van der Waals surface area contributed by atoms with Crippen LogP contribution in [0.4, 0.5) is 11.5 Å².